The Balaban J connectivity index is 2.54. The van der Waals surface area contributed by atoms with Crippen LogP contribution in [0.25, 0.3) is 11.1 Å². The first kappa shape index (κ1) is 10.5. The van der Waals surface area contributed by atoms with Crippen molar-refractivity contribution in [2.75, 3.05) is 11.5 Å². The molecule has 0 amide bonds. The van der Waals surface area contributed by atoms with Gasteiger partial charge in [-0.2, -0.15) is 0 Å². The van der Waals surface area contributed by atoms with Gasteiger partial charge in [0.1, 0.15) is 0 Å². The van der Waals surface area contributed by atoms with E-state index in [0.29, 0.717) is 11.4 Å². The van der Waals surface area contributed by atoms with E-state index in [1.807, 2.05) is 44.2 Å². The number of nitrogens with two attached hydrogens (primary N) is 2. The molecule has 2 aromatic rings. The zero-order valence-corrected chi connectivity index (χ0v) is 9.49. The standard InChI is InChI=1S/C13H15N3/c1-8-5-11(6-9(2)16-8)10-3-4-12(14)13(15)7-10/h3-7H,14-15H2,1-2H3. The van der Waals surface area contributed by atoms with Crippen LogP contribution in [0.4, 0.5) is 11.4 Å². The predicted molar refractivity (Wildman–Crippen MR) is 68.0 cm³/mol. The molecule has 16 heavy (non-hydrogen) atoms. The molecule has 0 bridgehead atoms. The summed E-state index contributed by atoms with van der Waals surface area (Å²) >= 11 is 0. The van der Waals surface area contributed by atoms with Gasteiger partial charge in [0.05, 0.1) is 11.4 Å². The lowest BCUT2D eigenvalue weighted by molar-refractivity contribution is 1.12. The van der Waals surface area contributed by atoms with Gasteiger partial charge >= 0.3 is 0 Å². The minimum atomic E-state index is 0.615. The van der Waals surface area contributed by atoms with Crippen LogP contribution in [0.5, 0.6) is 0 Å². The average Bonchev–Trinajstić information content (AvgIpc) is 2.20. The summed E-state index contributed by atoms with van der Waals surface area (Å²) in [6.07, 6.45) is 0. The van der Waals surface area contributed by atoms with Crippen molar-refractivity contribution in [2.45, 2.75) is 13.8 Å². The minimum Gasteiger partial charge on any atom is -0.397 e. The number of hydrogen-bond donors (Lipinski definition) is 2. The zero-order chi connectivity index (χ0) is 11.7. The molecule has 0 aliphatic rings. The number of nitrogen functional groups attached to an aromatic ring is 2. The highest BCUT2D eigenvalue weighted by atomic mass is 14.7. The topological polar surface area (TPSA) is 64.9 Å². The van der Waals surface area contributed by atoms with E-state index in [2.05, 4.69) is 4.98 Å². The highest BCUT2D eigenvalue weighted by Gasteiger charge is 2.02. The Morgan fingerprint density at radius 2 is 1.44 bits per heavy atom. The van der Waals surface area contributed by atoms with Crippen molar-refractivity contribution in [3.05, 3.63) is 41.7 Å². The summed E-state index contributed by atoms with van der Waals surface area (Å²) in [5.41, 5.74) is 16.9. The lowest BCUT2D eigenvalue weighted by atomic mass is 10.0. The van der Waals surface area contributed by atoms with Gasteiger partial charge in [-0.15, -0.1) is 0 Å². The fourth-order valence-electron chi connectivity index (χ4n) is 1.76. The fraction of sp³-hybridized carbons (Fsp3) is 0.154. The van der Waals surface area contributed by atoms with Crippen LogP contribution in [0.3, 0.4) is 0 Å². The molecule has 3 heteroatoms. The Hall–Kier alpha value is -2.03. The van der Waals surface area contributed by atoms with Crippen molar-refractivity contribution in [3.63, 3.8) is 0 Å². The van der Waals surface area contributed by atoms with Crippen molar-refractivity contribution < 1.29 is 0 Å². The maximum absolute atomic E-state index is 5.79. The van der Waals surface area contributed by atoms with E-state index in [4.69, 9.17) is 11.5 Å². The molecule has 0 fully saturated rings. The normalized spacial score (nSPS) is 10.4. The number of aryl methyl sites for hydroxylation is 2. The summed E-state index contributed by atoms with van der Waals surface area (Å²) in [5, 5.41) is 0. The first-order chi connectivity index (χ1) is 7.56. The third-order valence-corrected chi connectivity index (χ3v) is 2.50. The van der Waals surface area contributed by atoms with E-state index in [-0.39, 0.29) is 0 Å². The molecule has 0 radical (unpaired) electrons. The van der Waals surface area contributed by atoms with E-state index in [9.17, 15) is 0 Å². The lowest BCUT2D eigenvalue weighted by Crippen LogP contribution is -1.95. The third-order valence-electron chi connectivity index (χ3n) is 2.50. The number of aromatic nitrogens is 1. The number of rotatable bonds is 1. The Labute approximate surface area is 95.1 Å². The largest absolute Gasteiger partial charge is 0.397 e. The van der Waals surface area contributed by atoms with Gasteiger partial charge in [-0.25, -0.2) is 0 Å². The number of pyridine rings is 1. The second kappa shape index (κ2) is 3.85. The van der Waals surface area contributed by atoms with E-state index in [1.165, 1.54) is 0 Å². The molecule has 1 aromatic heterocycles. The number of anilines is 2. The molecule has 1 aromatic carbocycles. The minimum absolute atomic E-state index is 0.615. The molecule has 0 saturated carbocycles. The first-order valence-electron chi connectivity index (χ1n) is 5.17. The van der Waals surface area contributed by atoms with Crippen molar-refractivity contribution in [2.24, 2.45) is 0 Å². The molecule has 0 atom stereocenters. The summed E-state index contributed by atoms with van der Waals surface area (Å²) in [5.74, 6) is 0. The Bertz CT molecular complexity index is 512. The summed E-state index contributed by atoms with van der Waals surface area (Å²) in [7, 11) is 0. The van der Waals surface area contributed by atoms with Crippen LogP contribution in [-0.2, 0) is 0 Å². The van der Waals surface area contributed by atoms with Gasteiger partial charge in [-0.1, -0.05) is 6.07 Å². The third kappa shape index (κ3) is 1.98. The van der Waals surface area contributed by atoms with Gasteiger partial charge in [0.2, 0.25) is 0 Å². The van der Waals surface area contributed by atoms with E-state index < -0.39 is 0 Å². The summed E-state index contributed by atoms with van der Waals surface area (Å²) in [6, 6.07) is 9.77. The van der Waals surface area contributed by atoms with Gasteiger partial charge in [0.15, 0.2) is 0 Å². The molecule has 82 valence electrons. The quantitative estimate of drug-likeness (QED) is 0.715. The van der Waals surface area contributed by atoms with Crippen LogP contribution in [-0.4, -0.2) is 4.98 Å². The van der Waals surface area contributed by atoms with Gasteiger partial charge in [-0.3, -0.25) is 4.98 Å². The first-order valence-corrected chi connectivity index (χ1v) is 5.17. The molecule has 0 aliphatic heterocycles. The van der Waals surface area contributed by atoms with E-state index in [1.54, 1.807) is 0 Å². The molecule has 4 N–H and O–H groups in total. The lowest BCUT2D eigenvalue weighted by Gasteiger charge is -2.07. The maximum Gasteiger partial charge on any atom is 0.0554 e. The predicted octanol–water partition coefficient (Wildman–Crippen LogP) is 2.53. The van der Waals surface area contributed by atoms with Crippen molar-refractivity contribution in [1.82, 2.24) is 4.98 Å². The monoisotopic (exact) mass is 213 g/mol. The number of benzene rings is 1. The van der Waals surface area contributed by atoms with Crippen LogP contribution in [0.15, 0.2) is 30.3 Å². The second-order valence-corrected chi connectivity index (χ2v) is 3.98. The number of nitrogens with zero attached hydrogens (tertiary/aromatic N) is 1. The zero-order valence-electron chi connectivity index (χ0n) is 9.49. The van der Waals surface area contributed by atoms with Crippen LogP contribution in [0, 0.1) is 13.8 Å². The molecule has 2 rings (SSSR count). The number of hydrogen-bond acceptors (Lipinski definition) is 3. The average molecular weight is 213 g/mol. The molecule has 0 saturated heterocycles. The van der Waals surface area contributed by atoms with Gasteiger partial charge in [0, 0.05) is 11.4 Å². The molecule has 3 nitrogen and oxygen atoms in total. The van der Waals surface area contributed by atoms with Crippen LogP contribution < -0.4 is 11.5 Å². The van der Waals surface area contributed by atoms with Gasteiger partial charge in [-0.05, 0) is 49.2 Å². The van der Waals surface area contributed by atoms with Crippen LogP contribution in [0.2, 0.25) is 0 Å². The smallest absolute Gasteiger partial charge is 0.0554 e. The van der Waals surface area contributed by atoms with E-state index in [0.717, 1.165) is 22.5 Å². The molecular formula is C13H15N3. The highest BCUT2D eigenvalue weighted by molar-refractivity contribution is 5.74. The van der Waals surface area contributed by atoms with Crippen molar-refractivity contribution in [1.29, 1.82) is 0 Å². The molecule has 1 heterocycles. The van der Waals surface area contributed by atoms with Crippen LogP contribution >= 0.6 is 0 Å². The Morgan fingerprint density at radius 3 is 2.00 bits per heavy atom. The maximum atomic E-state index is 5.79. The molecular weight excluding hydrogens is 198 g/mol. The highest BCUT2D eigenvalue weighted by Crippen LogP contribution is 2.25. The van der Waals surface area contributed by atoms with Gasteiger partial charge < -0.3 is 11.5 Å². The van der Waals surface area contributed by atoms with Crippen molar-refractivity contribution >= 4 is 11.4 Å². The summed E-state index contributed by atoms with van der Waals surface area (Å²) in [4.78, 5) is 4.34. The van der Waals surface area contributed by atoms with Gasteiger partial charge in [0.25, 0.3) is 0 Å². The summed E-state index contributed by atoms with van der Waals surface area (Å²) < 4.78 is 0. The van der Waals surface area contributed by atoms with Crippen LogP contribution in [0.1, 0.15) is 11.4 Å². The van der Waals surface area contributed by atoms with Crippen molar-refractivity contribution in [3.8, 4) is 11.1 Å². The molecule has 0 aliphatic carbocycles. The fourth-order valence-corrected chi connectivity index (χ4v) is 1.76. The Morgan fingerprint density at radius 1 is 0.812 bits per heavy atom. The SMILES string of the molecule is Cc1cc(-c2ccc(N)c(N)c2)cc(C)n1. The summed E-state index contributed by atoms with van der Waals surface area (Å²) in [6.45, 7) is 3.97. The molecule has 0 spiro atoms. The van der Waals surface area contributed by atoms with E-state index >= 15 is 0 Å². The Kier molecular flexibility index (Phi) is 2.52. The second-order valence-electron chi connectivity index (χ2n) is 3.98. The molecule has 0 unspecified atom stereocenters.